The molecule has 610 valence electrons. The Labute approximate surface area is 687 Å². The summed E-state index contributed by atoms with van der Waals surface area (Å²) in [5, 5.41) is 55.4. The molecule has 0 spiro atoms. The average molecular weight is 1730 g/mol. The van der Waals surface area contributed by atoms with Crippen molar-refractivity contribution in [3.05, 3.63) is 115 Å². The Morgan fingerprint density at radius 2 is 0.974 bits per heavy atom. The number of hydrogen-bond donors (Lipinski definition) is 5. The first-order valence-corrected chi connectivity index (χ1v) is 48.0. The SMILES string of the molecule is CC(C)(C)OC(=O)n1cc(N)cn1.CC(C)(C)OC(=O)n1cc(Nc2cnc3ccc(N(COCC[Si](C)(C)C)c4nnc(N5CCOCC5)s4)nc3c2)cn1.C[Si](C)(C)CCOCN(c1ccc2ncc(Br)cc2n1)c1nnc(N2CCOCC2)s1.c1n[nH]cc1Nc1cnc2ccc(Nc3nnc(N4CCOCC4)s3)nc2c1. The maximum Gasteiger partial charge on any atom is 0.435 e. The minimum absolute atomic E-state index is 0.302. The fourth-order valence-corrected chi connectivity index (χ4v) is 15.3. The number of nitrogens with two attached hydrogens (primary N) is 1. The van der Waals surface area contributed by atoms with Gasteiger partial charge in [-0.1, -0.05) is 73.3 Å². The van der Waals surface area contributed by atoms with Crippen LogP contribution in [0.4, 0.5) is 86.3 Å². The van der Waals surface area contributed by atoms with Gasteiger partial charge in [0.2, 0.25) is 30.8 Å². The third-order valence-corrected chi connectivity index (χ3v) is 23.5. The van der Waals surface area contributed by atoms with Gasteiger partial charge in [-0.2, -0.15) is 24.7 Å². The summed E-state index contributed by atoms with van der Waals surface area (Å²) in [7, 11) is -2.41. The molecule has 0 aliphatic carbocycles. The number of hydrogen-bond acceptors (Lipinski definition) is 36. The number of aromatic amines is 1. The Hall–Kier alpha value is -10.2. The lowest BCUT2D eigenvalue weighted by molar-refractivity contribution is 0.0503. The normalized spacial score (nSPS) is 14.1. The summed E-state index contributed by atoms with van der Waals surface area (Å²) in [6.45, 7) is 36.0. The van der Waals surface area contributed by atoms with Crippen molar-refractivity contribution in [1.82, 2.24) is 90.3 Å². The number of carbonyl (C=O) groups excluding carboxylic acids is 2. The zero-order valence-corrected chi connectivity index (χ0v) is 72.3. The van der Waals surface area contributed by atoms with Gasteiger partial charge in [0.25, 0.3) is 0 Å². The summed E-state index contributed by atoms with van der Waals surface area (Å²) in [6.07, 6.45) is 13.6. The molecule has 15 heterocycles. The van der Waals surface area contributed by atoms with Crippen molar-refractivity contribution in [2.75, 3.05) is 152 Å². The molecule has 3 saturated heterocycles. The number of nitrogen functional groups attached to an aromatic ring is 1. The van der Waals surface area contributed by atoms with Crippen molar-refractivity contribution in [3.8, 4) is 0 Å². The van der Waals surface area contributed by atoms with E-state index in [1.165, 1.54) is 35.1 Å². The van der Waals surface area contributed by atoms with Crippen LogP contribution >= 0.6 is 49.9 Å². The van der Waals surface area contributed by atoms with Gasteiger partial charge < -0.3 is 69.5 Å². The van der Waals surface area contributed by atoms with Crippen molar-refractivity contribution in [2.45, 2.75) is 104 Å². The largest absolute Gasteiger partial charge is 0.442 e. The lowest BCUT2D eigenvalue weighted by atomic mass is 10.2. The molecule has 3 aliphatic heterocycles. The molecule has 0 atom stereocenters. The highest BCUT2D eigenvalue weighted by Crippen LogP contribution is 2.36. The fourth-order valence-electron chi connectivity index (χ4n) is 10.8. The van der Waals surface area contributed by atoms with E-state index in [2.05, 4.69) is 157 Å². The first kappa shape index (κ1) is 84.2. The van der Waals surface area contributed by atoms with Crippen molar-refractivity contribution >= 4 is 188 Å². The number of pyridine rings is 6. The van der Waals surface area contributed by atoms with Gasteiger partial charge >= 0.3 is 12.2 Å². The van der Waals surface area contributed by atoms with E-state index in [1.54, 1.807) is 75.5 Å². The summed E-state index contributed by atoms with van der Waals surface area (Å²) < 4.78 is 42.1. The number of nitrogens with one attached hydrogen (secondary N) is 4. The number of halogens is 1. The molecule has 12 aromatic heterocycles. The molecule has 3 aliphatic rings. The topological polar surface area (TPSA) is 396 Å². The van der Waals surface area contributed by atoms with Crippen molar-refractivity contribution in [3.63, 3.8) is 0 Å². The number of morpholine rings is 3. The van der Waals surface area contributed by atoms with Crippen LogP contribution in [0.5, 0.6) is 0 Å². The lowest BCUT2D eigenvalue weighted by Crippen LogP contribution is -2.36. The molecule has 12 aromatic rings. The van der Waals surface area contributed by atoms with Crippen LogP contribution < -0.4 is 46.2 Å². The van der Waals surface area contributed by atoms with E-state index in [9.17, 15) is 9.59 Å². The van der Waals surface area contributed by atoms with Gasteiger partial charge in [-0.15, -0.1) is 30.6 Å². The first-order valence-electron chi connectivity index (χ1n) is 37.3. The standard InChI is InChI=1S/C28H39N9O4SSi.C20H27BrN6O2SSi.C17H17N9OS.C8H13N3O2/c1-28(2,3)41-27(38)37-18-21(17-30-37)31-20-15-23-22(29-16-20)7-8-24(32-23)36(19-40-13-14-43(4,5)6)26-34-33-25(42-26)35-9-11-39-12-10-35;1-31(2,3)11-10-29-14-27(18-5-4-16-17(23-18)12-15(21)13-22-16)20-25-24-19(30-20)26-6-8-28-9-7-26;1-2-15(23-16-24-25-17(28-16)26-3-5-27-6-4-26)22-14-7-11(8-18-13(1)14)21-12-9-19-20-10-12;1-8(2,3)13-7(12)11-5-6(9)4-10-11/h7-8,15-18,31H,9-14,19H2,1-6H3;4-5,12-13H,6-11,14H2,1-3H3;1-2,7-10,21H,3-6H2,(H,19,20)(H,22,23,24);4-5H,9H2,1-3H3. The highest BCUT2D eigenvalue weighted by molar-refractivity contribution is 9.10. The number of aromatic nitrogens is 18. The van der Waals surface area contributed by atoms with E-state index in [0.717, 1.165) is 150 Å². The zero-order valence-electron chi connectivity index (χ0n) is 66.3. The highest BCUT2D eigenvalue weighted by atomic mass is 79.9. The predicted molar refractivity (Wildman–Crippen MR) is 458 cm³/mol. The van der Waals surface area contributed by atoms with E-state index in [-0.39, 0.29) is 0 Å². The van der Waals surface area contributed by atoms with Crippen molar-refractivity contribution < 1.29 is 42.7 Å². The molecule has 0 bridgehead atoms. The summed E-state index contributed by atoms with van der Waals surface area (Å²) >= 11 is 8.05. The second-order valence-corrected chi connectivity index (χ2v) is 45.9. The molecular formula is C73H96BrN27O9S3Si2. The third-order valence-electron chi connectivity index (χ3n) is 16.7. The van der Waals surface area contributed by atoms with Gasteiger partial charge in [0.15, 0.2) is 0 Å². The second kappa shape index (κ2) is 38.5. The molecule has 0 saturated carbocycles. The molecule has 3 fully saturated rings. The second-order valence-electron chi connectivity index (χ2n) is 30.9. The van der Waals surface area contributed by atoms with Gasteiger partial charge in [-0.05, 0) is 124 Å². The van der Waals surface area contributed by atoms with Crippen LogP contribution in [0.3, 0.4) is 0 Å². The Balaban J connectivity index is 0.000000151. The third kappa shape index (κ3) is 25.4. The van der Waals surface area contributed by atoms with E-state index in [0.29, 0.717) is 91.0 Å². The van der Waals surface area contributed by atoms with Crippen LogP contribution in [-0.4, -0.2) is 235 Å². The molecule has 0 unspecified atom stereocenters. The summed E-state index contributed by atoms with van der Waals surface area (Å²) in [4.78, 5) is 62.0. The lowest BCUT2D eigenvalue weighted by Gasteiger charge is -2.25. The van der Waals surface area contributed by atoms with Crippen LogP contribution in [0.2, 0.25) is 51.4 Å². The minimum atomic E-state index is -1.25. The number of H-pyrrole nitrogens is 1. The van der Waals surface area contributed by atoms with E-state index in [4.69, 9.17) is 48.9 Å². The van der Waals surface area contributed by atoms with Gasteiger partial charge in [-0.25, -0.2) is 24.5 Å². The molecule has 15 rings (SSSR count). The number of ether oxygens (including phenoxy) is 7. The number of fused-ring (bicyclic) bond motifs is 3. The van der Waals surface area contributed by atoms with E-state index >= 15 is 0 Å². The molecule has 115 heavy (non-hydrogen) atoms. The van der Waals surface area contributed by atoms with Crippen LogP contribution in [-0.2, 0) is 33.2 Å². The molecule has 6 N–H and O–H groups in total. The maximum absolute atomic E-state index is 12.4. The highest BCUT2D eigenvalue weighted by Gasteiger charge is 2.27. The summed E-state index contributed by atoms with van der Waals surface area (Å²) in [5.41, 5.74) is 12.4. The number of anilines is 14. The number of nitrogens with zero attached hydrogens (tertiary/aromatic N) is 22. The molecule has 0 amide bonds. The zero-order chi connectivity index (χ0) is 81.3. The van der Waals surface area contributed by atoms with Gasteiger partial charge in [-0.3, -0.25) is 29.9 Å². The quantitative estimate of drug-likeness (QED) is 0.0225. The van der Waals surface area contributed by atoms with Crippen molar-refractivity contribution in [1.29, 1.82) is 0 Å². The van der Waals surface area contributed by atoms with E-state index < -0.39 is 39.5 Å². The smallest absolute Gasteiger partial charge is 0.435 e. The monoisotopic (exact) mass is 1730 g/mol. The Kier molecular flexibility index (Phi) is 28.2. The van der Waals surface area contributed by atoms with Crippen LogP contribution in [0.15, 0.2) is 115 Å². The molecular weight excluding hydrogens is 1630 g/mol. The van der Waals surface area contributed by atoms with Crippen LogP contribution in [0.1, 0.15) is 41.5 Å². The first-order chi connectivity index (χ1) is 55.0. The number of carbonyl (C=O) groups is 2. The van der Waals surface area contributed by atoms with E-state index in [1.807, 2.05) is 85.2 Å². The van der Waals surface area contributed by atoms with Gasteiger partial charge in [0, 0.05) is 85.5 Å². The van der Waals surface area contributed by atoms with Crippen molar-refractivity contribution in [2.24, 2.45) is 0 Å². The number of rotatable bonds is 23. The minimum Gasteiger partial charge on any atom is -0.442 e. The summed E-state index contributed by atoms with van der Waals surface area (Å²) in [5.74, 6) is 2.14. The summed E-state index contributed by atoms with van der Waals surface area (Å²) in [6, 6.07) is 19.6. The van der Waals surface area contributed by atoms with Crippen LogP contribution in [0.25, 0.3) is 33.1 Å². The van der Waals surface area contributed by atoms with Gasteiger partial charge in [0.1, 0.15) is 42.1 Å². The average Bonchev–Trinajstić information content (AvgIpc) is 1.74. The van der Waals surface area contributed by atoms with Crippen LogP contribution in [0, 0.1) is 0 Å². The Bertz CT molecular complexity index is 5150. The molecule has 42 heteroatoms. The molecule has 0 radical (unpaired) electrons. The van der Waals surface area contributed by atoms with Gasteiger partial charge in [0.05, 0.1) is 145 Å². The predicted octanol–water partition coefficient (Wildman–Crippen LogP) is 13.8. The molecule has 0 aromatic carbocycles. The molecule has 36 nitrogen and oxygen atoms in total. The maximum atomic E-state index is 12.4. The Morgan fingerprint density at radius 1 is 0.522 bits per heavy atom. The Morgan fingerprint density at radius 3 is 1.45 bits per heavy atom. The fraction of sp³-hybridized carbons (Fsp3) is 0.438.